The molecule has 224 valence electrons. The van der Waals surface area contributed by atoms with Gasteiger partial charge >= 0.3 is 7.25 Å². The fraction of sp³-hybridized carbons (Fsp3) is 1.00. The van der Waals surface area contributed by atoms with Gasteiger partial charge < -0.3 is 26.2 Å². The highest BCUT2D eigenvalue weighted by Crippen LogP contribution is 2.16. The van der Waals surface area contributed by atoms with Crippen molar-refractivity contribution < 1.29 is 55.1 Å². The zero-order valence-corrected chi connectivity index (χ0v) is 25.1. The summed E-state index contributed by atoms with van der Waals surface area (Å²) in [5.74, 6) is 0. The Morgan fingerprint density at radius 3 is 0.722 bits per heavy atom. The third-order valence-corrected chi connectivity index (χ3v) is 6.63. The van der Waals surface area contributed by atoms with Crippen molar-refractivity contribution in [2.45, 2.75) is 107 Å². The smallest absolute Gasteiger partial charge is 0.418 e. The van der Waals surface area contributed by atoms with Gasteiger partial charge in [-0.05, 0) is 53.4 Å². The molecule has 0 aromatic rings. The number of rotatable bonds is 16. The summed E-state index contributed by atoms with van der Waals surface area (Å²) in [4.78, 5) is 0. The molecule has 6 nitrogen and oxygen atoms in total. The molecule has 0 saturated carbocycles. The maximum Gasteiger partial charge on any atom is 0.673 e. The van der Waals surface area contributed by atoms with Gasteiger partial charge in [0.25, 0.3) is 0 Å². The van der Waals surface area contributed by atoms with Crippen molar-refractivity contribution in [1.29, 1.82) is 0 Å². The summed E-state index contributed by atoms with van der Waals surface area (Å²) in [7, 11) is -10.9. The number of quaternary nitrogens is 2. The monoisotopic (exact) mass is 558 g/mol. The second-order valence-electron chi connectivity index (χ2n) is 9.13. The van der Waals surface area contributed by atoms with Crippen LogP contribution in [0.4, 0.5) is 17.3 Å². The molecular weight excluding hydrogens is 503 g/mol. The van der Waals surface area contributed by atoms with Crippen molar-refractivity contribution in [3.63, 3.8) is 0 Å². The quantitative estimate of drug-likeness (QED) is 0.165. The van der Waals surface area contributed by atoms with E-state index in [1.807, 2.05) is 0 Å². The molecule has 12 heteroatoms. The van der Waals surface area contributed by atoms with Gasteiger partial charge in [0.05, 0.1) is 52.4 Å². The second kappa shape index (κ2) is 25.1. The Hall–Kier alpha value is -0.165. The number of unbranched alkanes of at least 4 members (excludes halogenated alkanes) is 4. The molecule has 0 N–H and O–H groups in total. The van der Waals surface area contributed by atoms with E-state index in [4.69, 9.17) is 18.6 Å². The van der Waals surface area contributed by atoms with Gasteiger partial charge in [-0.3, -0.25) is 0 Å². The van der Waals surface area contributed by atoms with Crippen molar-refractivity contribution in [2.24, 2.45) is 0 Å². The Labute approximate surface area is 221 Å². The van der Waals surface area contributed by atoms with Crippen LogP contribution in [0, 0.1) is 10.2 Å². The predicted octanol–water partition coefficient (Wildman–Crippen LogP) is 3.43. The molecule has 0 aliphatic heterocycles. The van der Waals surface area contributed by atoms with Gasteiger partial charge in [-0.1, -0.05) is 53.4 Å². The fourth-order valence-electron chi connectivity index (χ4n) is 3.99. The van der Waals surface area contributed by atoms with E-state index in [1.54, 1.807) is 0 Å². The van der Waals surface area contributed by atoms with Crippen LogP contribution in [0.25, 0.3) is 0 Å². The third-order valence-electron chi connectivity index (χ3n) is 6.63. The predicted molar refractivity (Wildman–Crippen MR) is 132 cm³/mol. The first-order chi connectivity index (χ1) is 16.5. The summed E-state index contributed by atoms with van der Waals surface area (Å²) in [6.07, 6.45) is 11.1. The highest BCUT2D eigenvalue weighted by molar-refractivity contribution is 6.50. The molecule has 0 aromatic carbocycles. The summed E-state index contributed by atoms with van der Waals surface area (Å²) >= 11 is 0. The van der Waals surface area contributed by atoms with Crippen LogP contribution in [0.2, 0.25) is 0 Å². The Kier molecular flexibility index (Phi) is 30.0. The van der Waals surface area contributed by atoms with Crippen LogP contribution in [0.15, 0.2) is 0 Å². The lowest BCUT2D eigenvalue weighted by Gasteiger charge is -2.39. The lowest BCUT2D eigenvalue weighted by Crippen LogP contribution is -2.68. The molecule has 0 unspecified atom stereocenters. The first kappa shape index (κ1) is 42.9. The van der Waals surface area contributed by atoms with E-state index < -0.39 is 17.5 Å². The lowest BCUT2D eigenvalue weighted by atomic mass is 10.1. The Bertz CT molecular complexity index is 378. The molecule has 0 aliphatic rings. The molecule has 0 radical (unpaired) electrons. The zero-order valence-electron chi connectivity index (χ0n) is 24.3. The van der Waals surface area contributed by atoms with Crippen molar-refractivity contribution >= 4 is 7.25 Å². The molecule has 0 aromatic heterocycles. The van der Waals surface area contributed by atoms with Crippen molar-refractivity contribution in [1.82, 2.24) is 0 Å². The maximum atomic E-state index is 9.75. The third kappa shape index (κ3) is 36.0. The van der Waals surface area contributed by atoms with E-state index in [-0.39, 0.29) is 0 Å². The van der Waals surface area contributed by atoms with Crippen LogP contribution in [0.1, 0.15) is 107 Å². The van der Waals surface area contributed by atoms with Crippen molar-refractivity contribution in [3.05, 3.63) is 0 Å². The van der Waals surface area contributed by atoms with E-state index in [2.05, 4.69) is 55.4 Å². The molecule has 0 atom stereocenters. The first-order valence-electron chi connectivity index (χ1n) is 13.7. The van der Waals surface area contributed by atoms with Gasteiger partial charge in [-0.2, -0.15) is 0 Å². The van der Waals surface area contributed by atoms with Crippen LogP contribution in [-0.4, -0.2) is 68.6 Å². The molecule has 0 bridgehead atoms. The average molecular weight is 559 g/mol. The largest absolute Gasteiger partial charge is 0.673 e. The van der Waals surface area contributed by atoms with Crippen LogP contribution >= 0.6 is 0 Å². The fourth-order valence-corrected chi connectivity index (χ4v) is 3.99. The molecule has 0 amide bonds. The molecule has 0 saturated heterocycles. The second-order valence-corrected chi connectivity index (χ2v) is 9.89. The minimum atomic E-state index is -6.00. The standard InChI is InChI=1S/C16H36N.C8H20N.BF4.ClHO4/c1-5-9-13-17(14-10-6-2,15-11-7-3)16-12-8-4;1-5-9(6-2,7-3)8-4;2*2-1(3,4)5/h5-16H2,1-4H3;5-8H2,1-4H3;;(H,2,3,4,5)/q2*+1;-1;/p-1. The van der Waals surface area contributed by atoms with Crippen LogP contribution in [-0.2, 0) is 0 Å². The van der Waals surface area contributed by atoms with Crippen molar-refractivity contribution in [3.8, 4) is 0 Å². The maximum absolute atomic E-state index is 9.75. The van der Waals surface area contributed by atoms with Gasteiger partial charge in [0.1, 0.15) is 0 Å². The molecule has 36 heavy (non-hydrogen) atoms. The highest BCUT2D eigenvalue weighted by atomic mass is 35.7. The van der Waals surface area contributed by atoms with E-state index >= 15 is 0 Å². The topological polar surface area (TPSA) is 92.2 Å². The van der Waals surface area contributed by atoms with E-state index in [0.29, 0.717) is 0 Å². The molecule has 0 aliphatic carbocycles. The SMILES string of the molecule is CCCC[N+](CCCC)(CCCC)CCCC.CC[N+](CC)(CC)CC.F[B-](F)(F)F.[O-][Cl+3]([O-])([O-])[O-]. The van der Waals surface area contributed by atoms with Crippen molar-refractivity contribution in [2.75, 3.05) is 52.4 Å². The summed E-state index contributed by atoms with van der Waals surface area (Å²) in [6.45, 7) is 29.2. The Balaban J connectivity index is -0.000000223. The van der Waals surface area contributed by atoms with E-state index in [9.17, 15) is 17.3 Å². The normalized spacial score (nSPS) is 12.0. The zero-order chi connectivity index (χ0) is 29.3. The Morgan fingerprint density at radius 2 is 0.639 bits per heavy atom. The molecule has 0 rings (SSSR count). The molecule has 0 spiro atoms. The minimum Gasteiger partial charge on any atom is -0.418 e. The summed E-state index contributed by atoms with van der Waals surface area (Å²) < 4.78 is 75.7. The van der Waals surface area contributed by atoms with Crippen LogP contribution in [0.5, 0.6) is 0 Å². The summed E-state index contributed by atoms with van der Waals surface area (Å²) in [5, 5.41) is 0. The van der Waals surface area contributed by atoms with Gasteiger partial charge in [0, 0.05) is 0 Å². The summed E-state index contributed by atoms with van der Waals surface area (Å²) in [5.41, 5.74) is 0. The number of hydrogen-bond acceptors (Lipinski definition) is 4. The van der Waals surface area contributed by atoms with Crippen LogP contribution in [0.3, 0.4) is 0 Å². The average Bonchev–Trinajstić information content (AvgIpc) is 2.78. The summed E-state index contributed by atoms with van der Waals surface area (Å²) in [6, 6.07) is 0. The lowest BCUT2D eigenvalue weighted by molar-refractivity contribution is -2.00. The molecular formula is C24H56BClF4N2O4. The number of hydrogen-bond donors (Lipinski definition) is 0. The molecule has 0 heterocycles. The number of nitrogens with zero attached hydrogens (tertiary/aromatic N) is 2. The van der Waals surface area contributed by atoms with Gasteiger partial charge in [-0.25, -0.2) is 18.6 Å². The number of halogens is 5. The van der Waals surface area contributed by atoms with Gasteiger partial charge in [0.2, 0.25) is 0 Å². The van der Waals surface area contributed by atoms with Gasteiger partial charge in [0.15, 0.2) is 0 Å². The molecule has 0 fully saturated rings. The first-order valence-corrected chi connectivity index (χ1v) is 14.9. The van der Waals surface area contributed by atoms with Crippen LogP contribution < -0.4 is 18.6 Å². The Morgan fingerprint density at radius 1 is 0.472 bits per heavy atom. The van der Waals surface area contributed by atoms with E-state index in [1.165, 1.54) is 113 Å². The minimum absolute atomic E-state index is 1.28. The van der Waals surface area contributed by atoms with Gasteiger partial charge in [-0.15, -0.1) is 10.2 Å². The van der Waals surface area contributed by atoms with E-state index in [0.717, 1.165) is 0 Å². The highest BCUT2D eigenvalue weighted by Gasteiger charge is 2.24.